The first-order valence-corrected chi connectivity index (χ1v) is 9.72. The number of carbonyl (C=O) groups is 1. The van der Waals surface area contributed by atoms with Gasteiger partial charge in [-0.1, -0.05) is 18.2 Å². The van der Waals surface area contributed by atoms with Crippen molar-refractivity contribution in [1.82, 2.24) is 30.0 Å². The van der Waals surface area contributed by atoms with Gasteiger partial charge in [-0.3, -0.25) is 4.79 Å². The molecule has 1 N–H and O–H groups in total. The maximum Gasteiger partial charge on any atom is 0.275 e. The molecule has 2 aromatic heterocycles. The summed E-state index contributed by atoms with van der Waals surface area (Å²) in [4.78, 5) is 19.1. The second kappa shape index (κ2) is 8.34. The van der Waals surface area contributed by atoms with Gasteiger partial charge in [0.2, 0.25) is 5.89 Å². The van der Waals surface area contributed by atoms with Crippen LogP contribution in [0.4, 0.5) is 0 Å². The molecule has 2 aliphatic heterocycles. The zero-order chi connectivity index (χ0) is 18.9. The zero-order valence-electron chi connectivity index (χ0n) is 16.0. The molecule has 1 aromatic carbocycles. The molecule has 0 spiro atoms. The Morgan fingerprint density at radius 2 is 1.90 bits per heavy atom. The molecule has 5 rings (SSSR count). The molecule has 3 aromatic rings. The molecule has 2 aliphatic rings. The number of benzene rings is 1. The molecular weight excluding hydrogens is 392 g/mol. The van der Waals surface area contributed by atoms with Crippen LogP contribution in [0.2, 0.25) is 0 Å². The van der Waals surface area contributed by atoms with E-state index in [9.17, 15) is 4.79 Å². The number of nitrogens with one attached hydrogen (secondary N) is 1. The highest BCUT2D eigenvalue weighted by Crippen LogP contribution is 2.29. The van der Waals surface area contributed by atoms with Crippen molar-refractivity contribution in [1.29, 1.82) is 0 Å². The molecule has 1 fully saturated rings. The molecule has 152 valence electrons. The molecular formula is C20H23ClN6O2. The largest absolute Gasteiger partial charge is 0.444 e. The quantitative estimate of drug-likeness (QED) is 0.708. The Morgan fingerprint density at radius 3 is 2.69 bits per heavy atom. The van der Waals surface area contributed by atoms with Gasteiger partial charge in [0.15, 0.2) is 5.69 Å². The van der Waals surface area contributed by atoms with Crippen LogP contribution in [0, 0.1) is 0 Å². The molecule has 0 saturated carbocycles. The second-order valence-corrected chi connectivity index (χ2v) is 7.27. The number of oxazole rings is 1. The predicted molar refractivity (Wildman–Crippen MR) is 109 cm³/mol. The summed E-state index contributed by atoms with van der Waals surface area (Å²) >= 11 is 0. The molecule has 0 radical (unpaired) electrons. The number of piperidine rings is 1. The smallest absolute Gasteiger partial charge is 0.275 e. The summed E-state index contributed by atoms with van der Waals surface area (Å²) in [6, 6.07) is 9.61. The lowest BCUT2D eigenvalue weighted by molar-refractivity contribution is 0.0704. The van der Waals surface area contributed by atoms with Gasteiger partial charge >= 0.3 is 0 Å². The maximum atomic E-state index is 12.8. The van der Waals surface area contributed by atoms with Gasteiger partial charge in [-0.05, 0) is 25.0 Å². The molecule has 29 heavy (non-hydrogen) atoms. The van der Waals surface area contributed by atoms with Crippen LogP contribution >= 0.6 is 12.4 Å². The monoisotopic (exact) mass is 414 g/mol. The molecule has 1 amide bonds. The third-order valence-electron chi connectivity index (χ3n) is 5.54. The normalized spacial score (nSPS) is 16.9. The highest BCUT2D eigenvalue weighted by atomic mass is 35.5. The Morgan fingerprint density at radius 1 is 1.10 bits per heavy atom. The number of rotatable bonds is 3. The lowest BCUT2D eigenvalue weighted by atomic mass is 9.95. The molecule has 0 aliphatic carbocycles. The van der Waals surface area contributed by atoms with Gasteiger partial charge in [0, 0.05) is 37.7 Å². The first-order chi connectivity index (χ1) is 13.8. The second-order valence-electron chi connectivity index (χ2n) is 7.27. The number of amides is 1. The number of fused-ring (bicyclic) bond motifs is 1. The Bertz CT molecular complexity index is 978. The predicted octanol–water partition coefficient (Wildman–Crippen LogP) is 2.48. The van der Waals surface area contributed by atoms with Crippen LogP contribution in [0.5, 0.6) is 0 Å². The molecule has 8 nitrogen and oxygen atoms in total. The fraction of sp³-hybridized carbons (Fsp3) is 0.400. The highest BCUT2D eigenvalue weighted by molar-refractivity contribution is 5.92. The van der Waals surface area contributed by atoms with Crippen molar-refractivity contribution in [2.24, 2.45) is 0 Å². The van der Waals surface area contributed by atoms with Crippen LogP contribution in [-0.4, -0.2) is 50.2 Å². The highest BCUT2D eigenvalue weighted by Gasteiger charge is 2.30. The summed E-state index contributed by atoms with van der Waals surface area (Å²) < 4.78 is 7.76. The van der Waals surface area contributed by atoms with Crippen molar-refractivity contribution in [2.75, 3.05) is 19.6 Å². The van der Waals surface area contributed by atoms with E-state index in [4.69, 9.17) is 4.42 Å². The van der Waals surface area contributed by atoms with E-state index in [1.807, 2.05) is 35.2 Å². The summed E-state index contributed by atoms with van der Waals surface area (Å²) in [6.45, 7) is 4.03. The summed E-state index contributed by atoms with van der Waals surface area (Å²) in [5.74, 6) is 2.83. The van der Waals surface area contributed by atoms with Crippen molar-refractivity contribution >= 4 is 18.3 Å². The lowest BCUT2D eigenvalue weighted by Gasteiger charge is -2.31. The van der Waals surface area contributed by atoms with E-state index in [0.29, 0.717) is 30.6 Å². The summed E-state index contributed by atoms with van der Waals surface area (Å²) in [6.07, 6.45) is 3.24. The lowest BCUT2D eigenvalue weighted by Crippen LogP contribution is -2.39. The van der Waals surface area contributed by atoms with Crippen LogP contribution in [0.15, 0.2) is 41.0 Å². The molecule has 1 saturated heterocycles. The van der Waals surface area contributed by atoms with E-state index >= 15 is 0 Å². The first-order valence-electron chi connectivity index (χ1n) is 9.72. The van der Waals surface area contributed by atoms with Crippen LogP contribution in [-0.2, 0) is 13.1 Å². The zero-order valence-corrected chi connectivity index (χ0v) is 16.8. The molecule has 9 heteroatoms. The fourth-order valence-corrected chi connectivity index (χ4v) is 4.00. The summed E-state index contributed by atoms with van der Waals surface area (Å²) in [5, 5.41) is 12.1. The van der Waals surface area contributed by atoms with Gasteiger partial charge < -0.3 is 19.2 Å². The van der Waals surface area contributed by atoms with E-state index < -0.39 is 0 Å². The molecule has 4 heterocycles. The molecule has 0 unspecified atom stereocenters. The van der Waals surface area contributed by atoms with Crippen molar-refractivity contribution < 1.29 is 9.21 Å². The van der Waals surface area contributed by atoms with Crippen molar-refractivity contribution in [2.45, 2.75) is 31.8 Å². The minimum atomic E-state index is -0.0724. The number of hydrogen-bond donors (Lipinski definition) is 1. The van der Waals surface area contributed by atoms with Crippen LogP contribution in [0.25, 0.3) is 11.5 Å². The van der Waals surface area contributed by atoms with Crippen LogP contribution < -0.4 is 5.32 Å². The van der Waals surface area contributed by atoms with Gasteiger partial charge in [0.25, 0.3) is 5.91 Å². The summed E-state index contributed by atoms with van der Waals surface area (Å²) in [7, 11) is 0. The number of aromatic nitrogens is 4. The number of nitrogens with zero attached hydrogens (tertiary/aromatic N) is 5. The minimum absolute atomic E-state index is 0. The Labute approximate surface area is 174 Å². The summed E-state index contributed by atoms with van der Waals surface area (Å²) in [5.41, 5.74) is 1.23. The maximum absolute atomic E-state index is 12.8. The van der Waals surface area contributed by atoms with Gasteiger partial charge in [0.05, 0.1) is 6.54 Å². The Balaban J connectivity index is 0.00000205. The van der Waals surface area contributed by atoms with Crippen molar-refractivity contribution in [3.05, 3.63) is 53.9 Å². The third-order valence-corrected chi connectivity index (χ3v) is 5.54. The number of hydrogen-bond acceptors (Lipinski definition) is 6. The standard InChI is InChI=1S/C20H22N6O2.ClH/c27-20(16-13-28-19(22-16)15-4-2-1-3-5-15)25-9-6-14(7-10-25)18-24-23-17-12-21-8-11-26(17)18;/h1-5,13-14,21H,6-12H2;1H. The van der Waals surface area contributed by atoms with Gasteiger partial charge in [-0.25, -0.2) is 4.98 Å². The van der Waals surface area contributed by atoms with E-state index in [2.05, 4.69) is 25.1 Å². The molecule has 0 atom stereocenters. The van der Waals surface area contributed by atoms with E-state index in [0.717, 1.165) is 49.7 Å². The van der Waals surface area contributed by atoms with E-state index in [-0.39, 0.29) is 18.3 Å². The average molecular weight is 415 g/mol. The topological polar surface area (TPSA) is 89.1 Å². The van der Waals surface area contributed by atoms with Gasteiger partial charge in [-0.15, -0.1) is 22.6 Å². The minimum Gasteiger partial charge on any atom is -0.444 e. The van der Waals surface area contributed by atoms with Crippen LogP contribution in [0.1, 0.15) is 40.9 Å². The fourth-order valence-electron chi connectivity index (χ4n) is 4.00. The van der Waals surface area contributed by atoms with Gasteiger partial charge in [0.1, 0.15) is 17.9 Å². The average Bonchev–Trinajstić information content (AvgIpc) is 3.42. The Hall–Kier alpha value is -2.71. The number of carbonyl (C=O) groups excluding carboxylic acids is 1. The Kier molecular flexibility index (Phi) is 5.64. The SMILES string of the molecule is Cl.O=C(c1coc(-c2ccccc2)n1)N1CCC(c2nnc3n2CCNC3)CC1. The van der Waals surface area contributed by atoms with Crippen molar-refractivity contribution in [3.63, 3.8) is 0 Å². The van der Waals surface area contributed by atoms with E-state index in [1.54, 1.807) is 0 Å². The first kappa shape index (κ1) is 19.6. The van der Waals surface area contributed by atoms with Crippen molar-refractivity contribution in [3.8, 4) is 11.5 Å². The van der Waals surface area contributed by atoms with Gasteiger partial charge in [-0.2, -0.15) is 0 Å². The van der Waals surface area contributed by atoms with Crippen LogP contribution in [0.3, 0.4) is 0 Å². The number of likely N-dealkylation sites (tertiary alicyclic amines) is 1. The van der Waals surface area contributed by atoms with E-state index in [1.165, 1.54) is 6.26 Å². The number of halogens is 1. The third kappa shape index (κ3) is 3.77. The molecule has 0 bridgehead atoms.